The summed E-state index contributed by atoms with van der Waals surface area (Å²) >= 11 is 2.36. The molecule has 2 aromatic carbocycles. The van der Waals surface area contributed by atoms with Crippen LogP contribution in [0.4, 0.5) is 11.4 Å². The average Bonchev–Trinajstić information content (AvgIpc) is 3.32. The Kier molecular flexibility index (Phi) is 6.08. The van der Waals surface area contributed by atoms with Crippen molar-refractivity contribution in [3.63, 3.8) is 0 Å². The van der Waals surface area contributed by atoms with Crippen LogP contribution < -0.4 is 10.2 Å². The minimum atomic E-state index is 0.710. The van der Waals surface area contributed by atoms with Crippen molar-refractivity contribution in [1.29, 1.82) is 0 Å². The van der Waals surface area contributed by atoms with Crippen molar-refractivity contribution < 1.29 is 4.42 Å². The Bertz CT molecular complexity index is 1080. The lowest BCUT2D eigenvalue weighted by Gasteiger charge is -2.36. The first-order valence-corrected chi connectivity index (χ1v) is 11.7. The van der Waals surface area contributed by atoms with Gasteiger partial charge in [0.1, 0.15) is 0 Å². The fourth-order valence-corrected chi connectivity index (χ4v) is 4.61. The van der Waals surface area contributed by atoms with Gasteiger partial charge in [0.15, 0.2) is 0 Å². The predicted octanol–water partition coefficient (Wildman–Crippen LogP) is 5.09. The van der Waals surface area contributed by atoms with Gasteiger partial charge in [0.05, 0.1) is 19.1 Å². The average molecular weight is 524 g/mol. The van der Waals surface area contributed by atoms with E-state index >= 15 is 0 Å². The number of piperazine rings is 1. The summed E-state index contributed by atoms with van der Waals surface area (Å²) in [5.74, 6) is 0. The van der Waals surface area contributed by atoms with Crippen LogP contribution in [0.3, 0.4) is 0 Å². The molecule has 0 atom stereocenters. The molecule has 0 unspecified atom stereocenters. The third-order valence-electron chi connectivity index (χ3n) is 5.86. The molecular formula is C25H25IN4O. The highest BCUT2D eigenvalue weighted by molar-refractivity contribution is 14.1. The van der Waals surface area contributed by atoms with E-state index in [1.54, 1.807) is 6.26 Å². The molecule has 1 aromatic heterocycles. The van der Waals surface area contributed by atoms with Crippen molar-refractivity contribution in [1.82, 2.24) is 4.90 Å². The largest absolute Gasteiger partial charge is 0.472 e. The molecule has 0 amide bonds. The van der Waals surface area contributed by atoms with Crippen LogP contribution in [-0.2, 0) is 6.54 Å². The normalized spacial score (nSPS) is 17.7. The topological polar surface area (TPSA) is 44.0 Å². The molecular weight excluding hydrogens is 499 g/mol. The number of anilines is 2. The molecule has 1 saturated heterocycles. The van der Waals surface area contributed by atoms with Crippen molar-refractivity contribution in [2.24, 2.45) is 4.99 Å². The Labute approximate surface area is 196 Å². The van der Waals surface area contributed by atoms with E-state index in [-0.39, 0.29) is 0 Å². The number of halogens is 1. The Balaban J connectivity index is 1.19. The molecule has 31 heavy (non-hydrogen) atoms. The zero-order valence-electron chi connectivity index (χ0n) is 17.3. The van der Waals surface area contributed by atoms with Crippen molar-refractivity contribution in [3.8, 4) is 0 Å². The van der Waals surface area contributed by atoms with Crippen LogP contribution in [0.5, 0.6) is 0 Å². The Morgan fingerprint density at radius 3 is 2.65 bits per heavy atom. The third kappa shape index (κ3) is 4.85. The summed E-state index contributed by atoms with van der Waals surface area (Å²) < 4.78 is 6.43. The van der Waals surface area contributed by atoms with Crippen molar-refractivity contribution >= 4 is 45.8 Å². The van der Waals surface area contributed by atoms with Crippen LogP contribution in [0, 0.1) is 3.57 Å². The first-order valence-electron chi connectivity index (χ1n) is 10.6. The summed E-state index contributed by atoms with van der Waals surface area (Å²) in [4.78, 5) is 9.44. The molecule has 1 N–H and O–H groups in total. The van der Waals surface area contributed by atoms with Gasteiger partial charge in [-0.2, -0.15) is 0 Å². The summed E-state index contributed by atoms with van der Waals surface area (Å²) in [6.45, 7) is 5.89. The molecule has 5 rings (SSSR count). The molecule has 0 bridgehead atoms. The van der Waals surface area contributed by atoms with E-state index < -0.39 is 0 Å². The first-order chi connectivity index (χ1) is 15.2. The molecule has 3 heterocycles. The van der Waals surface area contributed by atoms with Gasteiger partial charge in [0.25, 0.3) is 0 Å². The number of benzene rings is 2. The van der Waals surface area contributed by atoms with Gasteiger partial charge in [-0.3, -0.25) is 9.89 Å². The Morgan fingerprint density at radius 2 is 1.87 bits per heavy atom. The minimum Gasteiger partial charge on any atom is -0.472 e. The molecule has 2 aliphatic heterocycles. The lowest BCUT2D eigenvalue weighted by Crippen LogP contribution is -2.45. The number of hydrogen-bond acceptors (Lipinski definition) is 5. The molecule has 0 spiro atoms. The number of aliphatic imine (C=N–C) groups is 1. The monoisotopic (exact) mass is 524 g/mol. The predicted molar refractivity (Wildman–Crippen MR) is 136 cm³/mol. The number of nitrogens with one attached hydrogen (secondary N) is 1. The van der Waals surface area contributed by atoms with Gasteiger partial charge in [0.2, 0.25) is 0 Å². The van der Waals surface area contributed by atoms with E-state index in [1.165, 1.54) is 31.5 Å². The molecule has 0 aliphatic carbocycles. The van der Waals surface area contributed by atoms with Gasteiger partial charge in [-0.05, 0) is 81.8 Å². The number of rotatable bonds is 5. The molecule has 1 fully saturated rings. The smallest absolute Gasteiger partial charge is 0.0947 e. The number of furan rings is 1. The molecule has 158 valence electrons. The quantitative estimate of drug-likeness (QED) is 0.473. The summed E-state index contributed by atoms with van der Waals surface area (Å²) in [5, 5.41) is 3.46. The maximum atomic E-state index is 5.18. The Morgan fingerprint density at radius 1 is 1.03 bits per heavy atom. The van der Waals surface area contributed by atoms with Crippen LogP contribution >= 0.6 is 22.6 Å². The standard InChI is InChI=1S/C25H25IN4O/c26-22-2-1-20-14-27-15-21(25(20)13-22)16-28-23-3-5-24(6-4-23)30-10-8-29(9-11-30)17-19-7-12-31-18-19/h1-7,12-14,16,18,28H,8-11,15,17H2/b21-16+. The van der Waals surface area contributed by atoms with Crippen LogP contribution in [0.1, 0.15) is 16.7 Å². The molecule has 2 aliphatic rings. The second-order valence-electron chi connectivity index (χ2n) is 7.96. The van der Waals surface area contributed by atoms with E-state index in [1.807, 2.05) is 18.5 Å². The van der Waals surface area contributed by atoms with Crippen LogP contribution in [0.2, 0.25) is 0 Å². The lowest BCUT2D eigenvalue weighted by atomic mass is 9.99. The highest BCUT2D eigenvalue weighted by Gasteiger charge is 2.17. The zero-order valence-corrected chi connectivity index (χ0v) is 19.5. The molecule has 6 heteroatoms. The van der Waals surface area contributed by atoms with Crippen LogP contribution in [0.25, 0.3) is 5.57 Å². The van der Waals surface area contributed by atoms with Crippen molar-refractivity contribution in [2.45, 2.75) is 6.54 Å². The number of nitrogens with zero attached hydrogens (tertiary/aromatic N) is 3. The third-order valence-corrected chi connectivity index (χ3v) is 6.53. The van der Waals surface area contributed by atoms with E-state index in [0.717, 1.165) is 38.4 Å². The second kappa shape index (κ2) is 9.28. The van der Waals surface area contributed by atoms with Crippen LogP contribution in [-0.4, -0.2) is 43.8 Å². The molecule has 0 saturated carbocycles. The fourth-order valence-electron chi connectivity index (χ4n) is 4.11. The number of fused-ring (bicyclic) bond motifs is 1. The van der Waals surface area contributed by atoms with Crippen molar-refractivity contribution in [3.05, 3.63) is 87.5 Å². The van der Waals surface area contributed by atoms with Gasteiger partial charge in [-0.25, -0.2) is 0 Å². The number of hydrogen-bond donors (Lipinski definition) is 1. The van der Waals surface area contributed by atoms with Crippen LogP contribution in [0.15, 0.2) is 76.7 Å². The summed E-state index contributed by atoms with van der Waals surface area (Å²) in [7, 11) is 0. The van der Waals surface area contributed by atoms with Gasteiger partial charge in [-0.15, -0.1) is 0 Å². The summed E-state index contributed by atoms with van der Waals surface area (Å²) in [5.41, 5.74) is 7.29. The summed E-state index contributed by atoms with van der Waals surface area (Å²) in [6.07, 6.45) is 7.64. The molecule has 5 nitrogen and oxygen atoms in total. The van der Waals surface area contributed by atoms with E-state index in [4.69, 9.17) is 4.42 Å². The zero-order chi connectivity index (χ0) is 21.0. The van der Waals surface area contributed by atoms with E-state index in [0.29, 0.717) is 6.54 Å². The van der Waals surface area contributed by atoms with Crippen molar-refractivity contribution in [2.75, 3.05) is 42.9 Å². The van der Waals surface area contributed by atoms with E-state index in [2.05, 4.69) is 91.4 Å². The van der Waals surface area contributed by atoms with Gasteiger partial charge < -0.3 is 14.6 Å². The van der Waals surface area contributed by atoms with Gasteiger partial charge in [-0.1, -0.05) is 6.07 Å². The van der Waals surface area contributed by atoms with Gasteiger partial charge in [0, 0.05) is 65.6 Å². The second-order valence-corrected chi connectivity index (χ2v) is 9.20. The highest BCUT2D eigenvalue weighted by Crippen LogP contribution is 2.25. The highest BCUT2D eigenvalue weighted by atomic mass is 127. The minimum absolute atomic E-state index is 0.710. The first kappa shape index (κ1) is 20.3. The summed E-state index contributed by atoms with van der Waals surface area (Å²) in [6, 6.07) is 17.3. The SMILES string of the molecule is Ic1ccc2c(c1)/C(=C/Nc1ccc(N3CCN(Cc4ccoc4)CC3)cc1)CN=C2. The van der Waals surface area contributed by atoms with Gasteiger partial charge >= 0.3 is 0 Å². The maximum absolute atomic E-state index is 5.18. The molecule has 0 radical (unpaired) electrons. The molecule has 3 aromatic rings. The fraction of sp³-hybridized carbons (Fsp3) is 0.240. The lowest BCUT2D eigenvalue weighted by molar-refractivity contribution is 0.249. The van der Waals surface area contributed by atoms with E-state index in [9.17, 15) is 0 Å². The Hall–Kier alpha value is -2.58. The maximum Gasteiger partial charge on any atom is 0.0947 e.